The first kappa shape index (κ1) is 29.8. The van der Waals surface area contributed by atoms with Crippen LogP contribution in [0, 0.1) is 0 Å². The standard InChI is InChI=1S/C23H32N4O2S2.O.Re/c1-24-23-6-3-18(17-26-23)22-16-19-15-20(4-5-21(19)29-22)28-12-2-9-27(11-14-31)10-7-25-8-13-30;;/h3-6,15-17,25,30-31H,2,7-14H2,1H3,(H,24,26);;/q;-2;/p-2. The molecule has 0 atom stereocenters. The molecule has 7 nitrogen and oxygen atoms in total. The minimum atomic E-state index is 0. The van der Waals surface area contributed by atoms with Gasteiger partial charge in [0.05, 0.1) is 6.61 Å². The van der Waals surface area contributed by atoms with Crippen LogP contribution in [0.25, 0.3) is 22.3 Å². The molecule has 0 aliphatic heterocycles. The molecule has 1 radical (unpaired) electrons. The van der Waals surface area contributed by atoms with E-state index in [2.05, 4.69) is 20.5 Å². The van der Waals surface area contributed by atoms with Crippen LogP contribution in [-0.4, -0.2) is 67.8 Å². The van der Waals surface area contributed by atoms with Crippen LogP contribution in [0.1, 0.15) is 6.42 Å². The van der Waals surface area contributed by atoms with Gasteiger partial charge in [-0.25, -0.2) is 4.98 Å². The minimum Gasteiger partial charge on any atom is -2.00 e. The third-order valence-electron chi connectivity index (χ3n) is 4.97. The Bertz CT molecular complexity index is 928. The number of nitrogens with one attached hydrogen (secondary N) is 2. The summed E-state index contributed by atoms with van der Waals surface area (Å²) in [5.74, 6) is 3.97. The van der Waals surface area contributed by atoms with Gasteiger partial charge in [0, 0.05) is 64.3 Å². The Morgan fingerprint density at radius 3 is 2.58 bits per heavy atom. The number of furan rings is 1. The normalized spacial score (nSPS) is 10.7. The molecule has 10 heteroatoms. The molecule has 0 saturated carbocycles. The quantitative estimate of drug-likeness (QED) is 0.202. The fourth-order valence-corrected chi connectivity index (χ4v) is 3.72. The Morgan fingerprint density at radius 2 is 1.88 bits per heavy atom. The van der Waals surface area contributed by atoms with E-state index < -0.39 is 0 Å². The van der Waals surface area contributed by atoms with Crippen molar-refractivity contribution in [3.8, 4) is 17.1 Å². The molecule has 183 valence electrons. The smallest absolute Gasteiger partial charge is 0.136 e. The van der Waals surface area contributed by atoms with Crippen molar-refractivity contribution in [2.75, 3.05) is 63.2 Å². The van der Waals surface area contributed by atoms with E-state index in [9.17, 15) is 0 Å². The van der Waals surface area contributed by atoms with Gasteiger partial charge in [-0.2, -0.15) is 11.5 Å². The average Bonchev–Trinajstić information content (AvgIpc) is 3.23. The van der Waals surface area contributed by atoms with E-state index in [1.54, 1.807) is 0 Å². The van der Waals surface area contributed by atoms with Crippen LogP contribution < -0.4 is 15.4 Å². The number of nitrogens with zero attached hydrogens (tertiary/aromatic N) is 2. The fraction of sp³-hybridized carbons (Fsp3) is 0.435. The van der Waals surface area contributed by atoms with Gasteiger partial charge in [0.25, 0.3) is 0 Å². The predicted octanol–water partition coefficient (Wildman–Crippen LogP) is 3.17. The molecule has 0 aliphatic rings. The maximum absolute atomic E-state index is 5.99. The van der Waals surface area contributed by atoms with Crippen molar-refractivity contribution in [3.63, 3.8) is 0 Å². The van der Waals surface area contributed by atoms with Gasteiger partial charge in [0.2, 0.25) is 0 Å². The SMILES string of the molecule is CNc1ccc(-c2cc3cc(OCCCN(CC[S-])CCNCC[S-])ccc3o2)cn1.[O-2].[Re]. The summed E-state index contributed by atoms with van der Waals surface area (Å²) in [6.45, 7) is 5.38. The van der Waals surface area contributed by atoms with Gasteiger partial charge in [-0.1, -0.05) is 0 Å². The molecule has 0 saturated heterocycles. The number of pyridine rings is 1. The number of hydrogen-bond acceptors (Lipinski definition) is 8. The molecule has 0 amide bonds. The Balaban J connectivity index is 0.00000272. The Kier molecular flexibility index (Phi) is 14.8. The molecule has 2 heterocycles. The Hall–Kier alpha value is -1.25. The first-order valence-electron chi connectivity index (χ1n) is 10.6. The molecule has 0 aliphatic carbocycles. The number of fused-ring (bicyclic) bond motifs is 1. The van der Waals surface area contributed by atoms with E-state index in [1.165, 1.54) is 0 Å². The summed E-state index contributed by atoms with van der Waals surface area (Å²) in [6, 6.07) is 11.9. The molecule has 2 aromatic heterocycles. The summed E-state index contributed by atoms with van der Waals surface area (Å²) in [4.78, 5) is 6.73. The third kappa shape index (κ3) is 9.49. The van der Waals surface area contributed by atoms with E-state index in [0.29, 0.717) is 6.61 Å². The van der Waals surface area contributed by atoms with Gasteiger partial charge in [0.15, 0.2) is 0 Å². The number of benzene rings is 1. The Labute approximate surface area is 220 Å². The maximum Gasteiger partial charge on any atom is 0.136 e. The summed E-state index contributed by atoms with van der Waals surface area (Å²) in [7, 11) is 1.85. The predicted molar refractivity (Wildman–Crippen MR) is 134 cm³/mol. The molecule has 0 fully saturated rings. The zero-order valence-electron chi connectivity index (χ0n) is 18.7. The first-order chi connectivity index (χ1) is 15.2. The van der Waals surface area contributed by atoms with E-state index in [-0.39, 0.29) is 25.9 Å². The molecule has 33 heavy (non-hydrogen) atoms. The van der Waals surface area contributed by atoms with Gasteiger partial charge in [0.1, 0.15) is 22.9 Å². The molecule has 0 spiro atoms. The number of rotatable bonds is 14. The van der Waals surface area contributed by atoms with Crippen LogP contribution in [0.2, 0.25) is 0 Å². The van der Waals surface area contributed by atoms with Crippen LogP contribution >= 0.6 is 0 Å². The summed E-state index contributed by atoms with van der Waals surface area (Å²) in [5, 5.41) is 7.39. The van der Waals surface area contributed by atoms with Crippen LogP contribution in [-0.2, 0) is 51.2 Å². The third-order valence-corrected chi connectivity index (χ3v) is 5.36. The second-order valence-electron chi connectivity index (χ2n) is 7.19. The maximum atomic E-state index is 5.99. The number of hydrogen-bond donors (Lipinski definition) is 2. The number of aromatic nitrogens is 1. The van der Waals surface area contributed by atoms with E-state index in [1.807, 2.05) is 49.6 Å². The summed E-state index contributed by atoms with van der Waals surface area (Å²) < 4.78 is 12.0. The van der Waals surface area contributed by atoms with Gasteiger partial charge in [-0.3, -0.25) is 0 Å². The van der Waals surface area contributed by atoms with Gasteiger partial charge in [-0.15, -0.1) is 0 Å². The largest absolute Gasteiger partial charge is 2.00 e. The first-order valence-corrected chi connectivity index (χ1v) is 11.8. The number of anilines is 1. The molecule has 0 unspecified atom stereocenters. The molecular formula is C23H30N4O3ReS2-4. The fourth-order valence-electron chi connectivity index (χ4n) is 3.32. The van der Waals surface area contributed by atoms with Crippen molar-refractivity contribution in [1.82, 2.24) is 15.2 Å². The summed E-state index contributed by atoms with van der Waals surface area (Å²) in [5.41, 5.74) is 1.78. The molecule has 1 aromatic carbocycles. The Morgan fingerprint density at radius 1 is 1.03 bits per heavy atom. The van der Waals surface area contributed by atoms with Crippen molar-refractivity contribution in [2.45, 2.75) is 6.42 Å². The second kappa shape index (κ2) is 16.4. The van der Waals surface area contributed by atoms with Crippen molar-refractivity contribution in [1.29, 1.82) is 0 Å². The van der Waals surface area contributed by atoms with Gasteiger partial charge < -0.3 is 55.4 Å². The molecule has 2 N–H and O–H groups in total. The van der Waals surface area contributed by atoms with Crippen LogP contribution in [0.15, 0.2) is 47.0 Å². The molecule has 3 aromatic rings. The van der Waals surface area contributed by atoms with Crippen LogP contribution in [0.3, 0.4) is 0 Å². The number of ether oxygens (including phenoxy) is 1. The molecule has 0 bridgehead atoms. The summed E-state index contributed by atoms with van der Waals surface area (Å²) >= 11 is 10.1. The topological polar surface area (TPSA) is 91.1 Å². The average molecular weight is 661 g/mol. The van der Waals surface area contributed by atoms with E-state index in [0.717, 1.165) is 84.5 Å². The van der Waals surface area contributed by atoms with E-state index in [4.69, 9.17) is 34.4 Å². The van der Waals surface area contributed by atoms with Crippen molar-refractivity contribution in [3.05, 3.63) is 42.6 Å². The monoisotopic (exact) mass is 661 g/mol. The zero-order chi connectivity index (χ0) is 21.9. The van der Waals surface area contributed by atoms with Gasteiger partial charge >= 0.3 is 0 Å². The second-order valence-corrected chi connectivity index (χ2v) is 8.01. The van der Waals surface area contributed by atoms with Crippen LogP contribution in [0.4, 0.5) is 5.82 Å². The van der Waals surface area contributed by atoms with Crippen molar-refractivity contribution < 1.29 is 35.1 Å². The van der Waals surface area contributed by atoms with Crippen LogP contribution in [0.5, 0.6) is 5.75 Å². The molecular weight excluding hydrogens is 631 g/mol. The van der Waals surface area contributed by atoms with Gasteiger partial charge in [-0.05, 0) is 55.9 Å². The minimum absolute atomic E-state index is 0. The van der Waals surface area contributed by atoms with Crippen molar-refractivity contribution in [2.24, 2.45) is 0 Å². The van der Waals surface area contributed by atoms with E-state index >= 15 is 0 Å². The molecule has 3 rings (SSSR count). The zero-order valence-corrected chi connectivity index (χ0v) is 23.1. The van der Waals surface area contributed by atoms with Crippen molar-refractivity contribution >= 4 is 42.0 Å². The summed E-state index contributed by atoms with van der Waals surface area (Å²) in [6.07, 6.45) is 2.76.